The van der Waals surface area contributed by atoms with Gasteiger partial charge in [-0.05, 0) is 27.7 Å². The van der Waals surface area contributed by atoms with Crippen molar-refractivity contribution in [2.24, 2.45) is 0 Å². The van der Waals surface area contributed by atoms with E-state index in [0.717, 1.165) is 19.6 Å². The number of rotatable bonds is 1. The van der Waals surface area contributed by atoms with Crippen LogP contribution in [-0.2, 0) is 0 Å². The van der Waals surface area contributed by atoms with Crippen molar-refractivity contribution < 1.29 is 13.7 Å². The van der Waals surface area contributed by atoms with Crippen molar-refractivity contribution in [2.45, 2.75) is 4.96 Å². The first kappa shape index (κ1) is 9.00. The van der Waals surface area contributed by atoms with Crippen LogP contribution in [-0.4, -0.2) is 53.4 Å². The Morgan fingerprint density at radius 1 is 0.917 bits per heavy atom. The van der Waals surface area contributed by atoms with Crippen LogP contribution < -0.4 is 0 Å². The molecule has 0 aromatic carbocycles. The maximum Gasteiger partial charge on any atom is 0.241 e. The molecule has 0 aliphatic carbocycles. The van der Waals surface area contributed by atoms with Crippen LogP contribution in [0.2, 0.25) is 0 Å². The summed E-state index contributed by atoms with van der Waals surface area (Å²) in [7, 11) is 0. The standard InChI is InChI=1S/C7H13Cl2FN2/c8-7(9)11-1-4-12(10,5-2-11)6-3-11/h7H,1-6H2/q+2. The van der Waals surface area contributed by atoms with Crippen molar-refractivity contribution >= 4 is 23.2 Å². The molecule has 0 N–H and O–H groups in total. The van der Waals surface area contributed by atoms with E-state index in [1.165, 1.54) is 0 Å². The maximum atomic E-state index is 13.6. The highest BCUT2D eigenvalue weighted by atomic mass is 35.5. The third kappa shape index (κ3) is 1.23. The predicted molar refractivity (Wildman–Crippen MR) is 46.3 cm³/mol. The van der Waals surface area contributed by atoms with E-state index in [1.54, 1.807) is 0 Å². The molecule has 5 heteroatoms. The van der Waals surface area contributed by atoms with E-state index in [2.05, 4.69) is 0 Å². The van der Waals surface area contributed by atoms with Gasteiger partial charge in [-0.2, -0.15) is 0 Å². The van der Waals surface area contributed by atoms with Gasteiger partial charge < -0.3 is 0 Å². The molecule has 2 nitrogen and oxygen atoms in total. The predicted octanol–water partition coefficient (Wildman–Crippen LogP) is 1.29. The van der Waals surface area contributed by atoms with Gasteiger partial charge in [0.2, 0.25) is 4.96 Å². The maximum absolute atomic E-state index is 13.6. The molecule has 3 aliphatic rings. The Hall–Kier alpha value is 0.430. The Kier molecular flexibility index (Phi) is 2.03. The van der Waals surface area contributed by atoms with E-state index < -0.39 is 0 Å². The molecule has 0 unspecified atom stereocenters. The van der Waals surface area contributed by atoms with E-state index in [-0.39, 0.29) is 9.67 Å². The first-order valence-electron chi connectivity index (χ1n) is 4.26. The molecule has 12 heavy (non-hydrogen) atoms. The molecule has 3 heterocycles. The van der Waals surface area contributed by atoms with Gasteiger partial charge in [0.15, 0.2) is 19.6 Å². The van der Waals surface area contributed by atoms with E-state index >= 15 is 0 Å². The molecule has 0 aromatic heterocycles. The van der Waals surface area contributed by atoms with Gasteiger partial charge in [-0.1, -0.05) is 0 Å². The molecule has 0 radical (unpaired) electrons. The lowest BCUT2D eigenvalue weighted by Crippen LogP contribution is -2.73. The molecule has 0 aromatic rings. The highest BCUT2D eigenvalue weighted by Crippen LogP contribution is 2.32. The number of halogens is 3. The minimum absolute atomic E-state index is 0.263. The minimum atomic E-state index is -0.376. The number of piperazine rings is 3. The van der Waals surface area contributed by atoms with E-state index in [1.807, 2.05) is 0 Å². The number of hydrogen-bond acceptors (Lipinski definition) is 0. The van der Waals surface area contributed by atoms with Gasteiger partial charge in [0, 0.05) is 0 Å². The van der Waals surface area contributed by atoms with Gasteiger partial charge in [0.25, 0.3) is 0 Å². The van der Waals surface area contributed by atoms with Gasteiger partial charge in [-0.25, -0.2) is 0 Å². The molecule has 0 spiro atoms. The highest BCUT2D eigenvalue weighted by molar-refractivity contribution is 6.43. The van der Waals surface area contributed by atoms with Crippen LogP contribution in [0, 0.1) is 0 Å². The minimum Gasteiger partial charge on any atom is -0.281 e. The highest BCUT2D eigenvalue weighted by Gasteiger charge is 2.53. The van der Waals surface area contributed by atoms with Crippen LogP contribution in [0.4, 0.5) is 4.48 Å². The molecular formula is C7H13Cl2FN2+2. The fourth-order valence-corrected chi connectivity index (χ4v) is 2.68. The quantitative estimate of drug-likeness (QED) is 0.267. The fourth-order valence-electron chi connectivity index (χ4n) is 2.10. The zero-order chi connectivity index (χ0) is 8.82. The van der Waals surface area contributed by atoms with Gasteiger partial charge in [-0.15, -0.1) is 4.71 Å². The van der Waals surface area contributed by atoms with E-state index in [4.69, 9.17) is 23.2 Å². The molecule has 2 bridgehead atoms. The SMILES string of the molecule is F[N+]12CC[N+](C(Cl)Cl)(CC1)CC2. The lowest BCUT2D eigenvalue weighted by atomic mass is 10.2. The summed E-state index contributed by atoms with van der Waals surface area (Å²) in [5.41, 5.74) is 0. The molecule has 0 amide bonds. The van der Waals surface area contributed by atoms with Crippen molar-refractivity contribution in [3.05, 3.63) is 0 Å². The number of alkyl halides is 2. The molecular weight excluding hydrogens is 202 g/mol. The molecule has 3 rings (SSSR count). The molecule has 70 valence electrons. The molecule has 3 fully saturated rings. The summed E-state index contributed by atoms with van der Waals surface area (Å²) in [6, 6.07) is 0. The van der Waals surface area contributed by atoms with Crippen molar-refractivity contribution in [3.8, 4) is 0 Å². The third-order valence-electron chi connectivity index (χ3n) is 3.25. The lowest BCUT2D eigenvalue weighted by molar-refractivity contribution is -1.15. The zero-order valence-electron chi connectivity index (χ0n) is 6.85. The summed E-state index contributed by atoms with van der Waals surface area (Å²) < 4.78 is 14.1. The molecule has 0 saturated carbocycles. The largest absolute Gasteiger partial charge is 0.281 e. The lowest BCUT2D eigenvalue weighted by Gasteiger charge is -2.50. The Balaban J connectivity index is 2.14. The summed E-state index contributed by atoms with van der Waals surface area (Å²) in [4.78, 5) is -0.376. The number of quaternary nitrogens is 2. The summed E-state index contributed by atoms with van der Waals surface area (Å²) in [6.45, 7) is 4.10. The molecule has 3 aliphatic heterocycles. The van der Waals surface area contributed by atoms with Crippen LogP contribution >= 0.6 is 23.2 Å². The second kappa shape index (κ2) is 2.71. The first-order valence-corrected chi connectivity index (χ1v) is 5.13. The van der Waals surface area contributed by atoms with Gasteiger partial charge in [0.1, 0.15) is 19.6 Å². The fraction of sp³-hybridized carbons (Fsp3) is 1.00. The number of fused-ring (bicyclic) bond motifs is 3. The monoisotopic (exact) mass is 214 g/mol. The Morgan fingerprint density at radius 2 is 1.33 bits per heavy atom. The first-order chi connectivity index (χ1) is 5.56. The summed E-state index contributed by atoms with van der Waals surface area (Å²) >= 11 is 11.8. The average molecular weight is 215 g/mol. The number of nitrogens with zero attached hydrogens (tertiary/aromatic N) is 2. The average Bonchev–Trinajstić information content (AvgIpc) is 2.06. The Bertz CT molecular complexity index is 173. The summed E-state index contributed by atoms with van der Waals surface area (Å²) in [6.07, 6.45) is 0. The Morgan fingerprint density at radius 3 is 1.67 bits per heavy atom. The van der Waals surface area contributed by atoms with Crippen molar-refractivity contribution in [1.82, 2.24) is 0 Å². The zero-order valence-corrected chi connectivity index (χ0v) is 8.36. The summed E-state index contributed by atoms with van der Waals surface area (Å²) in [5.74, 6) is 0. The van der Waals surface area contributed by atoms with Crippen LogP contribution in [0.15, 0.2) is 0 Å². The topological polar surface area (TPSA) is 0 Å². The third-order valence-corrected chi connectivity index (χ3v) is 4.08. The summed E-state index contributed by atoms with van der Waals surface area (Å²) in [5, 5.41) is 0. The Labute approximate surface area is 81.6 Å². The molecule has 0 atom stereocenters. The van der Waals surface area contributed by atoms with Gasteiger partial charge in [0.05, 0.1) is 0 Å². The van der Waals surface area contributed by atoms with E-state index in [9.17, 15) is 4.48 Å². The van der Waals surface area contributed by atoms with Crippen LogP contribution in [0.1, 0.15) is 0 Å². The normalized spacial score (nSPS) is 47.0. The molecule has 3 saturated heterocycles. The van der Waals surface area contributed by atoms with Crippen molar-refractivity contribution in [2.75, 3.05) is 39.3 Å². The number of hydrogen-bond donors (Lipinski definition) is 0. The van der Waals surface area contributed by atoms with E-state index in [0.29, 0.717) is 24.1 Å². The smallest absolute Gasteiger partial charge is 0.241 e. The second-order valence-electron chi connectivity index (χ2n) is 3.87. The van der Waals surface area contributed by atoms with Crippen molar-refractivity contribution in [3.63, 3.8) is 0 Å². The van der Waals surface area contributed by atoms with Gasteiger partial charge in [-0.3, -0.25) is 4.48 Å². The van der Waals surface area contributed by atoms with Crippen molar-refractivity contribution in [1.29, 1.82) is 0 Å². The van der Waals surface area contributed by atoms with Crippen LogP contribution in [0.25, 0.3) is 0 Å². The van der Waals surface area contributed by atoms with Crippen LogP contribution in [0.5, 0.6) is 0 Å². The van der Waals surface area contributed by atoms with Gasteiger partial charge >= 0.3 is 0 Å². The van der Waals surface area contributed by atoms with Crippen LogP contribution in [0.3, 0.4) is 0 Å². The second-order valence-corrected chi connectivity index (χ2v) is 4.92.